The maximum Gasteiger partial charge on any atom is 0.338 e. The van der Waals surface area contributed by atoms with Crippen LogP contribution in [0.5, 0.6) is 5.75 Å². The molecule has 0 bridgehead atoms. The molecule has 0 spiro atoms. The monoisotopic (exact) mass is 314 g/mol. The van der Waals surface area contributed by atoms with E-state index in [1.54, 1.807) is 37.7 Å². The molecule has 0 saturated carbocycles. The summed E-state index contributed by atoms with van der Waals surface area (Å²) in [6.45, 7) is 6.16. The molecule has 0 aliphatic rings. The van der Waals surface area contributed by atoms with E-state index in [-0.39, 0.29) is 5.97 Å². The van der Waals surface area contributed by atoms with E-state index in [2.05, 4.69) is 10.3 Å². The highest BCUT2D eigenvalue weighted by atomic mass is 16.6. The fraction of sp³-hybridized carbons (Fsp3) is 0.333. The Bertz CT molecular complexity index is 661. The van der Waals surface area contributed by atoms with E-state index in [1.807, 2.05) is 32.9 Å². The van der Waals surface area contributed by atoms with Gasteiger partial charge in [0.05, 0.1) is 24.6 Å². The Balaban J connectivity index is 1.99. The molecular weight excluding hydrogens is 292 g/mol. The molecule has 5 nitrogen and oxygen atoms in total. The van der Waals surface area contributed by atoms with Gasteiger partial charge in [0.1, 0.15) is 11.4 Å². The minimum absolute atomic E-state index is 0.314. The highest BCUT2D eigenvalue weighted by Crippen LogP contribution is 2.22. The molecule has 1 heterocycles. The lowest BCUT2D eigenvalue weighted by Crippen LogP contribution is -2.23. The van der Waals surface area contributed by atoms with Gasteiger partial charge in [-0.25, -0.2) is 4.79 Å². The third kappa shape index (κ3) is 4.98. The topological polar surface area (TPSA) is 60.5 Å². The zero-order chi connectivity index (χ0) is 16.9. The van der Waals surface area contributed by atoms with Crippen molar-refractivity contribution in [2.75, 3.05) is 12.4 Å². The summed E-state index contributed by atoms with van der Waals surface area (Å²) in [4.78, 5) is 16.0. The van der Waals surface area contributed by atoms with Crippen molar-refractivity contribution >= 4 is 11.7 Å². The van der Waals surface area contributed by atoms with Crippen molar-refractivity contribution in [3.05, 3.63) is 53.9 Å². The van der Waals surface area contributed by atoms with Gasteiger partial charge >= 0.3 is 5.97 Å². The molecule has 1 aromatic heterocycles. The Labute approximate surface area is 136 Å². The second-order valence-corrected chi connectivity index (χ2v) is 6.13. The highest BCUT2D eigenvalue weighted by molar-refractivity contribution is 5.89. The number of methoxy groups -OCH3 is 1. The van der Waals surface area contributed by atoms with Crippen molar-refractivity contribution in [1.29, 1.82) is 0 Å². The predicted octanol–water partition coefficient (Wildman–Crippen LogP) is 3.66. The number of ether oxygens (including phenoxy) is 2. The Morgan fingerprint density at radius 2 is 1.87 bits per heavy atom. The molecule has 122 valence electrons. The van der Waals surface area contributed by atoms with Crippen LogP contribution in [-0.2, 0) is 11.3 Å². The van der Waals surface area contributed by atoms with Crippen LogP contribution in [0.25, 0.3) is 0 Å². The first-order valence-corrected chi connectivity index (χ1v) is 7.43. The summed E-state index contributed by atoms with van der Waals surface area (Å²) < 4.78 is 10.6. The van der Waals surface area contributed by atoms with Gasteiger partial charge in [-0.3, -0.25) is 4.98 Å². The number of pyridine rings is 1. The van der Waals surface area contributed by atoms with E-state index in [9.17, 15) is 4.79 Å². The van der Waals surface area contributed by atoms with Gasteiger partial charge in [0.2, 0.25) is 0 Å². The molecule has 2 rings (SSSR count). The van der Waals surface area contributed by atoms with Crippen LogP contribution in [0.1, 0.15) is 36.7 Å². The third-order valence-corrected chi connectivity index (χ3v) is 3.07. The number of nitrogens with one attached hydrogen (secondary N) is 1. The van der Waals surface area contributed by atoms with E-state index in [0.717, 1.165) is 17.0 Å². The van der Waals surface area contributed by atoms with Crippen LogP contribution >= 0.6 is 0 Å². The van der Waals surface area contributed by atoms with Crippen molar-refractivity contribution in [2.45, 2.75) is 32.9 Å². The molecule has 0 aliphatic heterocycles. The third-order valence-electron chi connectivity index (χ3n) is 3.07. The number of hydrogen-bond donors (Lipinski definition) is 1. The van der Waals surface area contributed by atoms with E-state index in [0.29, 0.717) is 12.1 Å². The average molecular weight is 314 g/mol. The predicted molar refractivity (Wildman–Crippen MR) is 89.7 cm³/mol. The summed E-state index contributed by atoms with van der Waals surface area (Å²) in [6.07, 6.45) is 3.40. The normalized spacial score (nSPS) is 11.0. The Hall–Kier alpha value is -2.56. The van der Waals surface area contributed by atoms with E-state index < -0.39 is 5.60 Å². The fourth-order valence-electron chi connectivity index (χ4n) is 1.99. The average Bonchev–Trinajstić information content (AvgIpc) is 2.52. The van der Waals surface area contributed by atoms with Crippen LogP contribution < -0.4 is 10.1 Å². The molecule has 5 heteroatoms. The Morgan fingerprint density at radius 1 is 1.17 bits per heavy atom. The van der Waals surface area contributed by atoms with E-state index >= 15 is 0 Å². The lowest BCUT2D eigenvalue weighted by Gasteiger charge is -2.19. The molecule has 0 amide bonds. The first-order valence-electron chi connectivity index (χ1n) is 7.43. The van der Waals surface area contributed by atoms with Crippen LogP contribution in [0, 0.1) is 0 Å². The number of rotatable bonds is 5. The summed E-state index contributed by atoms with van der Waals surface area (Å²) in [7, 11) is 1.62. The summed E-state index contributed by atoms with van der Waals surface area (Å²) in [6, 6.07) is 9.13. The molecule has 0 aliphatic carbocycles. The van der Waals surface area contributed by atoms with Crippen molar-refractivity contribution in [3.63, 3.8) is 0 Å². The Kier molecular flexibility index (Phi) is 5.21. The van der Waals surface area contributed by atoms with Gasteiger partial charge in [0.25, 0.3) is 0 Å². The number of hydrogen-bond acceptors (Lipinski definition) is 5. The smallest absolute Gasteiger partial charge is 0.338 e. The summed E-state index contributed by atoms with van der Waals surface area (Å²) >= 11 is 0. The standard InChI is InChI=1S/C18H22N2O3/c1-18(2,3)23-17(21)14-7-5-13(6-8-14)11-20-15-12-19-10-9-16(15)22-4/h5-10,12,20H,11H2,1-4H3. The van der Waals surface area contributed by atoms with Gasteiger partial charge in [0.15, 0.2) is 0 Å². The number of aromatic nitrogens is 1. The maximum absolute atomic E-state index is 12.0. The molecule has 1 N–H and O–H groups in total. The number of benzene rings is 1. The maximum atomic E-state index is 12.0. The van der Waals surface area contributed by atoms with Crippen molar-refractivity contribution in [1.82, 2.24) is 4.98 Å². The van der Waals surface area contributed by atoms with Crippen LogP contribution in [0.15, 0.2) is 42.7 Å². The highest BCUT2D eigenvalue weighted by Gasteiger charge is 2.17. The molecule has 0 unspecified atom stereocenters. The molecule has 1 aromatic carbocycles. The van der Waals surface area contributed by atoms with E-state index in [4.69, 9.17) is 9.47 Å². The lowest BCUT2D eigenvalue weighted by molar-refractivity contribution is 0.00695. The van der Waals surface area contributed by atoms with Crippen molar-refractivity contribution in [2.24, 2.45) is 0 Å². The molecule has 0 radical (unpaired) electrons. The van der Waals surface area contributed by atoms with Crippen LogP contribution in [0.2, 0.25) is 0 Å². The lowest BCUT2D eigenvalue weighted by atomic mass is 10.1. The van der Waals surface area contributed by atoms with E-state index in [1.165, 1.54) is 0 Å². The van der Waals surface area contributed by atoms with Gasteiger partial charge in [-0.05, 0) is 38.5 Å². The summed E-state index contributed by atoms with van der Waals surface area (Å²) in [5.74, 6) is 0.427. The van der Waals surface area contributed by atoms with Gasteiger partial charge < -0.3 is 14.8 Å². The molecular formula is C18H22N2O3. The second kappa shape index (κ2) is 7.13. The van der Waals surface area contributed by atoms with Gasteiger partial charge in [-0.1, -0.05) is 12.1 Å². The minimum atomic E-state index is -0.492. The summed E-state index contributed by atoms with van der Waals surface area (Å²) in [5.41, 5.74) is 1.92. The first kappa shape index (κ1) is 16.8. The molecule has 0 saturated heterocycles. The largest absolute Gasteiger partial charge is 0.494 e. The number of anilines is 1. The summed E-state index contributed by atoms with van der Waals surface area (Å²) in [5, 5.41) is 3.26. The Morgan fingerprint density at radius 3 is 2.48 bits per heavy atom. The molecule has 0 fully saturated rings. The van der Waals surface area contributed by atoms with Crippen LogP contribution in [0.4, 0.5) is 5.69 Å². The van der Waals surface area contributed by atoms with Gasteiger partial charge in [-0.2, -0.15) is 0 Å². The minimum Gasteiger partial charge on any atom is -0.494 e. The number of esters is 1. The second-order valence-electron chi connectivity index (χ2n) is 6.13. The quantitative estimate of drug-likeness (QED) is 0.854. The zero-order valence-electron chi connectivity index (χ0n) is 13.9. The first-order chi connectivity index (χ1) is 10.9. The molecule has 2 aromatic rings. The molecule has 23 heavy (non-hydrogen) atoms. The number of carbonyl (C=O) groups excluding carboxylic acids is 1. The number of nitrogens with zero attached hydrogens (tertiary/aromatic N) is 1. The van der Waals surface area contributed by atoms with Crippen LogP contribution in [-0.4, -0.2) is 23.7 Å². The van der Waals surface area contributed by atoms with Crippen molar-refractivity contribution < 1.29 is 14.3 Å². The van der Waals surface area contributed by atoms with Gasteiger partial charge in [0, 0.05) is 18.8 Å². The SMILES string of the molecule is COc1ccncc1NCc1ccc(C(=O)OC(C)(C)C)cc1. The van der Waals surface area contributed by atoms with Gasteiger partial charge in [-0.15, -0.1) is 0 Å². The van der Waals surface area contributed by atoms with Crippen molar-refractivity contribution in [3.8, 4) is 5.75 Å². The number of carbonyl (C=O) groups is 1. The zero-order valence-corrected chi connectivity index (χ0v) is 13.9. The molecule has 0 atom stereocenters. The fourth-order valence-corrected chi connectivity index (χ4v) is 1.99. The van der Waals surface area contributed by atoms with Crippen LogP contribution in [0.3, 0.4) is 0 Å².